The van der Waals surface area contributed by atoms with Gasteiger partial charge in [-0.2, -0.15) is 0 Å². The minimum Gasteiger partial charge on any atom is -0.475 e. The highest BCUT2D eigenvalue weighted by molar-refractivity contribution is 5.67. The molecule has 0 bridgehead atoms. The van der Waals surface area contributed by atoms with Crippen molar-refractivity contribution in [1.82, 2.24) is 10.3 Å². The summed E-state index contributed by atoms with van der Waals surface area (Å²) in [6.07, 6.45) is 1.25. The van der Waals surface area contributed by atoms with Gasteiger partial charge in [-0.3, -0.25) is 0 Å². The second kappa shape index (κ2) is 6.41. The first-order valence-corrected chi connectivity index (χ1v) is 6.35. The number of ether oxygens (including phenoxy) is 2. The summed E-state index contributed by atoms with van der Waals surface area (Å²) in [4.78, 5) is 15.7. The molecule has 1 N–H and O–H groups in total. The molecule has 0 saturated carbocycles. The molecule has 0 unspecified atom stereocenters. The Morgan fingerprint density at radius 3 is 2.68 bits per heavy atom. The third-order valence-corrected chi connectivity index (χ3v) is 2.02. The fourth-order valence-electron chi connectivity index (χ4n) is 1.37. The highest BCUT2D eigenvalue weighted by Crippen LogP contribution is 2.16. The van der Waals surface area contributed by atoms with Crippen LogP contribution in [-0.4, -0.2) is 22.8 Å². The van der Waals surface area contributed by atoms with Gasteiger partial charge < -0.3 is 14.8 Å². The van der Waals surface area contributed by atoms with Crippen molar-refractivity contribution in [2.24, 2.45) is 0 Å². The Hall–Kier alpha value is -1.78. The minimum absolute atomic E-state index is 0.0372. The molecule has 0 atom stereocenters. The second-order valence-electron chi connectivity index (χ2n) is 5.49. The van der Waals surface area contributed by atoms with Crippen molar-refractivity contribution in [3.05, 3.63) is 23.9 Å². The van der Waals surface area contributed by atoms with E-state index in [0.717, 1.165) is 5.56 Å². The predicted molar refractivity (Wildman–Crippen MR) is 73.1 cm³/mol. The molecule has 0 aliphatic carbocycles. The summed E-state index contributed by atoms with van der Waals surface area (Å²) in [5.41, 5.74) is 0.318. The van der Waals surface area contributed by atoms with Crippen molar-refractivity contribution >= 4 is 6.09 Å². The first kappa shape index (κ1) is 15.3. The van der Waals surface area contributed by atoms with Gasteiger partial charge in [-0.25, -0.2) is 9.78 Å². The van der Waals surface area contributed by atoms with E-state index in [4.69, 9.17) is 9.47 Å². The number of hydrogen-bond acceptors (Lipinski definition) is 4. The average molecular weight is 266 g/mol. The van der Waals surface area contributed by atoms with Gasteiger partial charge in [-0.1, -0.05) is 6.07 Å². The predicted octanol–water partition coefficient (Wildman–Crippen LogP) is 2.89. The van der Waals surface area contributed by atoms with Crippen LogP contribution in [-0.2, 0) is 11.3 Å². The summed E-state index contributed by atoms with van der Waals surface area (Å²) >= 11 is 0. The van der Waals surface area contributed by atoms with Crippen molar-refractivity contribution in [2.45, 2.75) is 52.9 Å². The van der Waals surface area contributed by atoms with Crippen LogP contribution in [0.25, 0.3) is 0 Å². The quantitative estimate of drug-likeness (QED) is 0.910. The topological polar surface area (TPSA) is 60.5 Å². The molecule has 19 heavy (non-hydrogen) atoms. The monoisotopic (exact) mass is 266 g/mol. The highest BCUT2D eigenvalue weighted by Gasteiger charge is 2.16. The molecule has 1 rings (SSSR count). The molecule has 0 aliphatic heterocycles. The molecule has 1 amide bonds. The molecule has 5 nitrogen and oxygen atoms in total. The van der Waals surface area contributed by atoms with E-state index >= 15 is 0 Å². The fourth-order valence-corrected chi connectivity index (χ4v) is 1.37. The molecule has 106 valence electrons. The molecule has 0 spiro atoms. The van der Waals surface area contributed by atoms with Gasteiger partial charge in [-0.15, -0.1) is 0 Å². The number of pyridine rings is 1. The van der Waals surface area contributed by atoms with Crippen LogP contribution in [0, 0.1) is 0 Å². The van der Waals surface area contributed by atoms with Gasteiger partial charge in [0.15, 0.2) is 0 Å². The van der Waals surface area contributed by atoms with Crippen LogP contribution in [0.4, 0.5) is 4.79 Å². The lowest BCUT2D eigenvalue weighted by molar-refractivity contribution is 0.0523. The molecule has 0 saturated heterocycles. The zero-order valence-electron chi connectivity index (χ0n) is 12.2. The summed E-state index contributed by atoms with van der Waals surface area (Å²) in [6.45, 7) is 9.65. The molecule has 0 fully saturated rings. The molecule has 0 radical (unpaired) electrons. The van der Waals surface area contributed by atoms with E-state index in [2.05, 4.69) is 10.3 Å². The molecular weight excluding hydrogens is 244 g/mol. The molecule has 1 heterocycles. The van der Waals surface area contributed by atoms with Crippen LogP contribution >= 0.6 is 0 Å². The second-order valence-corrected chi connectivity index (χ2v) is 5.49. The van der Waals surface area contributed by atoms with Crippen LogP contribution in [0.5, 0.6) is 5.88 Å². The first-order valence-electron chi connectivity index (χ1n) is 6.35. The van der Waals surface area contributed by atoms with Crippen LogP contribution in [0.3, 0.4) is 0 Å². The summed E-state index contributed by atoms with van der Waals surface area (Å²) in [5, 5.41) is 2.69. The van der Waals surface area contributed by atoms with Crippen molar-refractivity contribution in [2.75, 3.05) is 0 Å². The number of rotatable bonds is 4. The summed E-state index contributed by atoms with van der Waals surface area (Å²) in [7, 11) is 0. The van der Waals surface area contributed by atoms with Gasteiger partial charge >= 0.3 is 6.09 Å². The lowest BCUT2D eigenvalue weighted by atomic mass is 10.2. The molecule has 0 aromatic carbocycles. The van der Waals surface area contributed by atoms with Crippen LogP contribution in [0.15, 0.2) is 18.3 Å². The van der Waals surface area contributed by atoms with Crippen molar-refractivity contribution < 1.29 is 14.3 Å². The average Bonchev–Trinajstić information content (AvgIpc) is 2.24. The first-order chi connectivity index (χ1) is 8.78. The van der Waals surface area contributed by atoms with Crippen molar-refractivity contribution in [3.8, 4) is 5.88 Å². The van der Waals surface area contributed by atoms with E-state index < -0.39 is 11.7 Å². The fraction of sp³-hybridized carbons (Fsp3) is 0.571. The van der Waals surface area contributed by atoms with Crippen molar-refractivity contribution in [1.29, 1.82) is 0 Å². The van der Waals surface area contributed by atoms with Gasteiger partial charge in [0, 0.05) is 11.8 Å². The van der Waals surface area contributed by atoms with Gasteiger partial charge in [0.25, 0.3) is 0 Å². The third-order valence-electron chi connectivity index (χ3n) is 2.02. The summed E-state index contributed by atoms with van der Waals surface area (Å²) in [6, 6.07) is 3.67. The number of nitrogens with one attached hydrogen (secondary N) is 1. The van der Waals surface area contributed by atoms with E-state index in [-0.39, 0.29) is 6.10 Å². The van der Waals surface area contributed by atoms with Gasteiger partial charge in [0.2, 0.25) is 5.88 Å². The maximum atomic E-state index is 11.6. The van der Waals surface area contributed by atoms with E-state index in [1.807, 2.05) is 40.7 Å². The minimum atomic E-state index is -0.504. The zero-order valence-corrected chi connectivity index (χ0v) is 12.2. The largest absolute Gasteiger partial charge is 0.475 e. The number of nitrogens with zero attached hydrogens (tertiary/aromatic N) is 1. The molecule has 0 aliphatic rings. The van der Waals surface area contributed by atoms with Crippen LogP contribution in [0.1, 0.15) is 40.2 Å². The van der Waals surface area contributed by atoms with Crippen molar-refractivity contribution in [3.63, 3.8) is 0 Å². The Morgan fingerprint density at radius 2 is 2.11 bits per heavy atom. The smallest absolute Gasteiger partial charge is 0.407 e. The van der Waals surface area contributed by atoms with E-state index in [1.54, 1.807) is 12.3 Å². The number of alkyl carbamates (subject to hydrolysis) is 1. The lowest BCUT2D eigenvalue weighted by Gasteiger charge is -2.20. The Morgan fingerprint density at radius 1 is 1.42 bits per heavy atom. The molecular formula is C14H22N2O3. The van der Waals surface area contributed by atoms with Gasteiger partial charge in [0.05, 0.1) is 12.6 Å². The van der Waals surface area contributed by atoms with E-state index in [1.165, 1.54) is 0 Å². The Balaban J connectivity index is 2.60. The number of aromatic nitrogens is 1. The van der Waals surface area contributed by atoms with Gasteiger partial charge in [-0.05, 0) is 40.7 Å². The number of hydrogen-bond donors (Lipinski definition) is 1. The molecule has 1 aromatic rings. The normalized spacial score (nSPS) is 11.3. The zero-order chi connectivity index (χ0) is 14.5. The van der Waals surface area contributed by atoms with Crippen LogP contribution < -0.4 is 10.1 Å². The SMILES string of the molecule is CC(C)Oc1ncccc1CNC(=O)OC(C)(C)C. The lowest BCUT2D eigenvalue weighted by Crippen LogP contribution is -2.32. The summed E-state index contributed by atoms with van der Waals surface area (Å²) < 4.78 is 10.7. The summed E-state index contributed by atoms with van der Waals surface area (Å²) in [5.74, 6) is 0.536. The number of carbonyl (C=O) groups is 1. The molecule has 5 heteroatoms. The Kier molecular flexibility index (Phi) is 5.15. The maximum Gasteiger partial charge on any atom is 0.407 e. The van der Waals surface area contributed by atoms with E-state index in [9.17, 15) is 4.79 Å². The van der Waals surface area contributed by atoms with Crippen LogP contribution in [0.2, 0.25) is 0 Å². The highest BCUT2D eigenvalue weighted by atomic mass is 16.6. The Labute approximate surface area is 114 Å². The van der Waals surface area contributed by atoms with Gasteiger partial charge in [0.1, 0.15) is 5.60 Å². The standard InChI is InChI=1S/C14H22N2O3/c1-10(2)18-12-11(7-6-8-15-12)9-16-13(17)19-14(3,4)5/h6-8,10H,9H2,1-5H3,(H,16,17). The third kappa shape index (κ3) is 6.08. The maximum absolute atomic E-state index is 11.6. The number of amides is 1. The van der Waals surface area contributed by atoms with E-state index in [0.29, 0.717) is 12.4 Å². The number of carbonyl (C=O) groups excluding carboxylic acids is 1. The Bertz CT molecular complexity index is 425. The molecule has 1 aromatic heterocycles.